The molecule has 20 heavy (non-hydrogen) atoms. The Kier molecular flexibility index (Phi) is 4.70. The zero-order chi connectivity index (χ0) is 14.5. The van der Waals surface area contributed by atoms with Gasteiger partial charge in [-0.2, -0.15) is 0 Å². The van der Waals surface area contributed by atoms with E-state index in [1.807, 2.05) is 6.92 Å². The van der Waals surface area contributed by atoms with Crippen LogP contribution in [0, 0.1) is 5.92 Å². The maximum atomic E-state index is 12.1. The Balaban J connectivity index is 2.04. The molecule has 1 aromatic rings. The van der Waals surface area contributed by atoms with Crippen LogP contribution in [0.15, 0.2) is 24.3 Å². The first kappa shape index (κ1) is 14.5. The molecule has 0 radical (unpaired) electrons. The van der Waals surface area contributed by atoms with Crippen molar-refractivity contribution in [2.75, 3.05) is 25.1 Å². The van der Waals surface area contributed by atoms with Crippen molar-refractivity contribution < 1.29 is 14.3 Å². The number of nitrogens with one attached hydrogen (secondary N) is 2. The number of anilines is 1. The van der Waals surface area contributed by atoms with E-state index in [1.54, 1.807) is 24.3 Å². The van der Waals surface area contributed by atoms with Crippen molar-refractivity contribution in [3.05, 3.63) is 29.8 Å². The largest absolute Gasteiger partial charge is 0.379 e. The summed E-state index contributed by atoms with van der Waals surface area (Å²) in [6.07, 6.45) is 0. The van der Waals surface area contributed by atoms with E-state index < -0.39 is 0 Å². The van der Waals surface area contributed by atoms with Crippen molar-refractivity contribution in [3.8, 4) is 0 Å². The van der Waals surface area contributed by atoms with Crippen LogP contribution in [0.2, 0.25) is 0 Å². The summed E-state index contributed by atoms with van der Waals surface area (Å²) in [5.74, 6) is -0.685. The van der Waals surface area contributed by atoms with Crippen molar-refractivity contribution >= 4 is 17.5 Å². The second kappa shape index (κ2) is 6.49. The Morgan fingerprint density at radius 2 is 2.20 bits per heavy atom. The molecule has 6 nitrogen and oxygen atoms in total. The van der Waals surface area contributed by atoms with Crippen molar-refractivity contribution in [2.45, 2.75) is 13.0 Å². The Labute approximate surface area is 117 Å². The first-order valence-corrected chi connectivity index (χ1v) is 6.64. The average Bonchev–Trinajstić information content (AvgIpc) is 2.85. The number of hydrogen-bond acceptors (Lipinski definition) is 4. The third-order valence-electron chi connectivity index (χ3n) is 3.19. The lowest BCUT2D eigenvalue weighted by molar-refractivity contribution is -0.120. The van der Waals surface area contributed by atoms with Crippen LogP contribution in [0.4, 0.5) is 5.69 Å². The van der Waals surface area contributed by atoms with Crippen LogP contribution in [0.3, 0.4) is 0 Å². The van der Waals surface area contributed by atoms with E-state index in [4.69, 9.17) is 10.5 Å². The first-order valence-electron chi connectivity index (χ1n) is 6.64. The van der Waals surface area contributed by atoms with Gasteiger partial charge in [0.05, 0.1) is 19.1 Å². The van der Waals surface area contributed by atoms with Gasteiger partial charge >= 0.3 is 0 Å². The van der Waals surface area contributed by atoms with Crippen molar-refractivity contribution in [1.29, 1.82) is 0 Å². The van der Waals surface area contributed by atoms with Gasteiger partial charge < -0.3 is 21.1 Å². The number of benzene rings is 1. The Morgan fingerprint density at radius 3 is 2.85 bits per heavy atom. The lowest BCUT2D eigenvalue weighted by atomic mass is 10.0. The molecule has 1 fully saturated rings. The van der Waals surface area contributed by atoms with Crippen LogP contribution in [-0.4, -0.2) is 37.6 Å². The normalized spacial score (nSPS) is 21.5. The highest BCUT2D eigenvalue weighted by molar-refractivity contribution is 5.97. The fraction of sp³-hybridized carbons (Fsp3) is 0.429. The summed E-state index contributed by atoms with van der Waals surface area (Å²) in [4.78, 5) is 23.8. The molecule has 0 aliphatic carbocycles. The molecule has 2 amide bonds. The molecule has 0 spiro atoms. The van der Waals surface area contributed by atoms with Crippen molar-refractivity contribution in [2.24, 2.45) is 11.7 Å². The van der Waals surface area contributed by atoms with Gasteiger partial charge in [-0.3, -0.25) is 9.59 Å². The molecular weight excluding hydrogens is 258 g/mol. The van der Waals surface area contributed by atoms with Gasteiger partial charge in [-0.15, -0.1) is 0 Å². The highest BCUT2D eigenvalue weighted by Gasteiger charge is 2.31. The highest BCUT2D eigenvalue weighted by Crippen LogP contribution is 2.16. The second-order valence-corrected chi connectivity index (χ2v) is 4.74. The van der Waals surface area contributed by atoms with Gasteiger partial charge in [0, 0.05) is 23.8 Å². The first-order chi connectivity index (χ1) is 9.61. The Hall–Kier alpha value is -1.92. The van der Waals surface area contributed by atoms with Crippen LogP contribution < -0.4 is 16.4 Å². The van der Waals surface area contributed by atoms with Crippen LogP contribution in [0.5, 0.6) is 0 Å². The molecule has 0 aromatic heterocycles. The molecule has 1 saturated heterocycles. The predicted octanol–water partition coefficient (Wildman–Crippen LogP) is 0.349. The summed E-state index contributed by atoms with van der Waals surface area (Å²) >= 11 is 0. The van der Waals surface area contributed by atoms with Gasteiger partial charge in [0.1, 0.15) is 0 Å². The van der Waals surface area contributed by atoms with Gasteiger partial charge in [-0.1, -0.05) is 6.07 Å². The van der Waals surface area contributed by atoms with Gasteiger partial charge in [0.15, 0.2) is 0 Å². The van der Waals surface area contributed by atoms with Crippen LogP contribution in [0.1, 0.15) is 17.3 Å². The van der Waals surface area contributed by atoms with Gasteiger partial charge in [0.25, 0.3) is 5.91 Å². The lowest BCUT2D eigenvalue weighted by Crippen LogP contribution is -2.37. The fourth-order valence-corrected chi connectivity index (χ4v) is 2.08. The number of nitrogens with two attached hydrogens (primary N) is 1. The number of amides is 2. The molecule has 1 aromatic carbocycles. The number of carbonyl (C=O) groups excluding carboxylic acids is 2. The molecule has 2 atom stereocenters. The minimum atomic E-state index is -0.344. The number of hydrogen-bond donors (Lipinski definition) is 3. The van der Waals surface area contributed by atoms with E-state index in [-0.39, 0.29) is 23.8 Å². The molecule has 1 aliphatic heterocycles. The topological polar surface area (TPSA) is 93.5 Å². The summed E-state index contributed by atoms with van der Waals surface area (Å²) in [5, 5.41) is 5.49. The van der Waals surface area contributed by atoms with E-state index in [9.17, 15) is 9.59 Å². The second-order valence-electron chi connectivity index (χ2n) is 4.74. The van der Waals surface area contributed by atoms with E-state index in [1.165, 1.54) is 0 Å². The van der Waals surface area contributed by atoms with Gasteiger partial charge in [-0.05, 0) is 25.1 Å². The summed E-state index contributed by atoms with van der Waals surface area (Å²) in [5.41, 5.74) is 6.89. The zero-order valence-corrected chi connectivity index (χ0v) is 11.4. The van der Waals surface area contributed by atoms with E-state index in [0.717, 1.165) is 0 Å². The smallest absolute Gasteiger partial charge is 0.251 e. The number of rotatable bonds is 4. The number of ether oxygens (including phenoxy) is 1. The monoisotopic (exact) mass is 277 g/mol. The van der Waals surface area contributed by atoms with Crippen LogP contribution >= 0.6 is 0 Å². The minimum absolute atomic E-state index is 0.162. The van der Waals surface area contributed by atoms with E-state index in [2.05, 4.69) is 10.6 Å². The standard InChI is InChI=1S/C14H19N3O3/c1-2-16-13(18)9-4-3-5-10(6-9)17-14(19)11-7-20-8-12(11)15/h3-6,11-12H,2,7-8,15H2,1H3,(H,16,18)(H,17,19). The average molecular weight is 277 g/mol. The third-order valence-corrected chi connectivity index (χ3v) is 3.19. The zero-order valence-electron chi connectivity index (χ0n) is 11.4. The van der Waals surface area contributed by atoms with Crippen LogP contribution in [0.25, 0.3) is 0 Å². The third kappa shape index (κ3) is 3.34. The molecule has 1 aliphatic rings. The maximum Gasteiger partial charge on any atom is 0.251 e. The van der Waals surface area contributed by atoms with Gasteiger partial charge in [-0.25, -0.2) is 0 Å². The molecule has 4 N–H and O–H groups in total. The molecule has 1 heterocycles. The lowest BCUT2D eigenvalue weighted by Gasteiger charge is -2.13. The Bertz CT molecular complexity index is 504. The van der Waals surface area contributed by atoms with Crippen LogP contribution in [-0.2, 0) is 9.53 Å². The highest BCUT2D eigenvalue weighted by atomic mass is 16.5. The molecule has 6 heteroatoms. The maximum absolute atomic E-state index is 12.1. The summed E-state index contributed by atoms with van der Waals surface area (Å²) in [7, 11) is 0. The number of carbonyl (C=O) groups is 2. The molecule has 2 unspecified atom stereocenters. The van der Waals surface area contributed by atoms with Gasteiger partial charge in [0.2, 0.25) is 5.91 Å². The Morgan fingerprint density at radius 1 is 1.40 bits per heavy atom. The summed E-state index contributed by atoms with van der Waals surface area (Å²) in [6, 6.07) is 6.53. The summed E-state index contributed by atoms with van der Waals surface area (Å²) in [6.45, 7) is 3.15. The molecule has 108 valence electrons. The molecule has 0 bridgehead atoms. The van der Waals surface area contributed by atoms with E-state index >= 15 is 0 Å². The van der Waals surface area contributed by atoms with Crippen molar-refractivity contribution in [3.63, 3.8) is 0 Å². The van der Waals surface area contributed by atoms with Crippen molar-refractivity contribution in [1.82, 2.24) is 5.32 Å². The fourth-order valence-electron chi connectivity index (χ4n) is 2.08. The predicted molar refractivity (Wildman–Crippen MR) is 75.4 cm³/mol. The molecule has 2 rings (SSSR count). The summed E-state index contributed by atoms with van der Waals surface area (Å²) < 4.78 is 5.17. The minimum Gasteiger partial charge on any atom is -0.379 e. The SMILES string of the molecule is CCNC(=O)c1cccc(NC(=O)C2COCC2N)c1. The molecule has 0 saturated carbocycles. The van der Waals surface area contributed by atoms with E-state index in [0.29, 0.717) is 31.0 Å². The molecular formula is C14H19N3O3. The quantitative estimate of drug-likeness (QED) is 0.740.